The van der Waals surface area contributed by atoms with Crippen LogP contribution in [-0.2, 0) is 4.74 Å². The molecule has 0 unspecified atom stereocenters. The Hall–Kier alpha value is -1.20. The topological polar surface area (TPSA) is 55.6 Å². The van der Waals surface area contributed by atoms with E-state index in [1.165, 1.54) is 0 Å². The fourth-order valence-electron chi connectivity index (χ4n) is 1.38. The molecule has 0 aliphatic rings. The second-order valence-electron chi connectivity index (χ2n) is 4.13. The highest BCUT2D eigenvalue weighted by Gasteiger charge is 2.13. The van der Waals surface area contributed by atoms with Crippen molar-refractivity contribution in [1.29, 1.82) is 0 Å². The van der Waals surface area contributed by atoms with E-state index in [0.717, 1.165) is 17.2 Å². The van der Waals surface area contributed by atoms with Gasteiger partial charge in [0.2, 0.25) is 0 Å². The molecule has 0 saturated heterocycles. The Balaban J connectivity index is 2.79. The predicted molar refractivity (Wildman–Crippen MR) is 76.1 cm³/mol. The summed E-state index contributed by atoms with van der Waals surface area (Å²) in [5.74, 6) is 0.612. The van der Waals surface area contributed by atoms with Gasteiger partial charge in [-0.3, -0.25) is 0 Å². The maximum atomic E-state index is 11.8. The van der Waals surface area contributed by atoms with E-state index in [4.69, 9.17) is 10.5 Å². The van der Waals surface area contributed by atoms with Crippen LogP contribution in [0.25, 0.3) is 0 Å². The molecule has 0 aliphatic heterocycles. The molecule has 0 spiro atoms. The summed E-state index contributed by atoms with van der Waals surface area (Å²) in [6.07, 6.45) is 0. The van der Waals surface area contributed by atoms with Crippen LogP contribution in [0.5, 0.6) is 0 Å². The van der Waals surface area contributed by atoms with Gasteiger partial charge in [-0.15, -0.1) is 11.8 Å². The second kappa shape index (κ2) is 7.28. The molecule has 0 aliphatic carbocycles. The van der Waals surface area contributed by atoms with E-state index in [9.17, 15) is 4.79 Å². The Bertz CT molecular complexity index is 408. The van der Waals surface area contributed by atoms with Gasteiger partial charge in [0.25, 0.3) is 0 Å². The molecule has 5 heteroatoms. The van der Waals surface area contributed by atoms with E-state index < -0.39 is 0 Å². The number of ether oxygens (including phenoxy) is 1. The Kier molecular flexibility index (Phi) is 6.01. The van der Waals surface area contributed by atoms with E-state index in [0.29, 0.717) is 17.9 Å². The van der Waals surface area contributed by atoms with Gasteiger partial charge in [-0.2, -0.15) is 0 Å². The zero-order chi connectivity index (χ0) is 13.5. The standard InChI is InChI=1S/C13H20N2O2S/c1-4-17-13(16)11-9-10(14)5-6-12(11)18-8-7-15(2)3/h5-6,9H,4,7-8,14H2,1-3H3. The van der Waals surface area contributed by atoms with Gasteiger partial charge >= 0.3 is 5.97 Å². The van der Waals surface area contributed by atoms with Crippen molar-refractivity contribution < 1.29 is 9.53 Å². The van der Waals surface area contributed by atoms with Crippen LogP contribution in [0.4, 0.5) is 5.69 Å². The number of esters is 1. The van der Waals surface area contributed by atoms with Crippen LogP contribution in [0, 0.1) is 0 Å². The minimum Gasteiger partial charge on any atom is -0.462 e. The number of nitrogens with two attached hydrogens (primary N) is 1. The fourth-order valence-corrected chi connectivity index (χ4v) is 2.52. The number of thioether (sulfide) groups is 1. The maximum Gasteiger partial charge on any atom is 0.339 e. The van der Waals surface area contributed by atoms with Crippen LogP contribution < -0.4 is 5.73 Å². The first-order valence-electron chi connectivity index (χ1n) is 5.88. The molecule has 0 aromatic heterocycles. The third-order valence-corrected chi connectivity index (χ3v) is 3.35. The molecule has 0 radical (unpaired) electrons. The molecule has 0 amide bonds. The number of nitrogens with zero attached hydrogens (tertiary/aromatic N) is 1. The van der Waals surface area contributed by atoms with Crippen LogP contribution in [-0.4, -0.2) is 43.9 Å². The molecule has 2 N–H and O–H groups in total. The van der Waals surface area contributed by atoms with E-state index in [1.54, 1.807) is 30.8 Å². The van der Waals surface area contributed by atoms with E-state index >= 15 is 0 Å². The Morgan fingerprint density at radius 3 is 2.78 bits per heavy atom. The lowest BCUT2D eigenvalue weighted by molar-refractivity contribution is 0.0522. The molecular weight excluding hydrogens is 248 g/mol. The molecule has 100 valence electrons. The lowest BCUT2D eigenvalue weighted by Gasteiger charge is -2.11. The van der Waals surface area contributed by atoms with Crippen molar-refractivity contribution in [2.24, 2.45) is 0 Å². The monoisotopic (exact) mass is 268 g/mol. The first-order chi connectivity index (χ1) is 8.54. The number of hydrogen-bond donors (Lipinski definition) is 1. The van der Waals surface area contributed by atoms with Crippen molar-refractivity contribution in [1.82, 2.24) is 4.90 Å². The molecule has 0 heterocycles. The van der Waals surface area contributed by atoms with Gasteiger partial charge in [-0.1, -0.05) is 0 Å². The molecule has 0 saturated carbocycles. The van der Waals surface area contributed by atoms with Crippen molar-refractivity contribution in [3.05, 3.63) is 23.8 Å². The highest BCUT2D eigenvalue weighted by molar-refractivity contribution is 7.99. The van der Waals surface area contributed by atoms with Gasteiger partial charge in [-0.05, 0) is 39.2 Å². The molecule has 0 fully saturated rings. The molecule has 4 nitrogen and oxygen atoms in total. The van der Waals surface area contributed by atoms with Crippen LogP contribution in [0.1, 0.15) is 17.3 Å². The molecule has 0 bridgehead atoms. The Morgan fingerprint density at radius 2 is 2.17 bits per heavy atom. The number of rotatable bonds is 6. The third-order valence-electron chi connectivity index (χ3n) is 2.30. The van der Waals surface area contributed by atoms with Gasteiger partial charge < -0.3 is 15.4 Å². The first-order valence-corrected chi connectivity index (χ1v) is 6.87. The van der Waals surface area contributed by atoms with E-state index in [2.05, 4.69) is 4.90 Å². The van der Waals surface area contributed by atoms with E-state index in [1.807, 2.05) is 20.2 Å². The summed E-state index contributed by atoms with van der Waals surface area (Å²) in [5.41, 5.74) is 6.85. The van der Waals surface area contributed by atoms with Crippen LogP contribution >= 0.6 is 11.8 Å². The first kappa shape index (κ1) is 14.9. The van der Waals surface area contributed by atoms with Gasteiger partial charge in [0.1, 0.15) is 0 Å². The number of hydrogen-bond acceptors (Lipinski definition) is 5. The average molecular weight is 268 g/mol. The summed E-state index contributed by atoms with van der Waals surface area (Å²) in [6.45, 7) is 3.12. The lowest BCUT2D eigenvalue weighted by atomic mass is 10.2. The minimum atomic E-state index is -0.308. The fraction of sp³-hybridized carbons (Fsp3) is 0.462. The summed E-state index contributed by atoms with van der Waals surface area (Å²) in [5, 5.41) is 0. The van der Waals surface area contributed by atoms with Gasteiger partial charge in [0.15, 0.2) is 0 Å². The number of nitrogen functional groups attached to an aromatic ring is 1. The summed E-state index contributed by atoms with van der Waals surface area (Å²) in [4.78, 5) is 14.8. The van der Waals surface area contributed by atoms with Crippen molar-refractivity contribution in [2.45, 2.75) is 11.8 Å². The van der Waals surface area contributed by atoms with Crippen LogP contribution in [0.2, 0.25) is 0 Å². The normalized spacial score (nSPS) is 10.7. The lowest BCUT2D eigenvalue weighted by Crippen LogP contribution is -2.15. The van der Waals surface area contributed by atoms with Gasteiger partial charge in [0, 0.05) is 22.9 Å². The minimum absolute atomic E-state index is 0.308. The van der Waals surface area contributed by atoms with Crippen molar-refractivity contribution in [3.63, 3.8) is 0 Å². The summed E-state index contributed by atoms with van der Waals surface area (Å²) < 4.78 is 5.03. The highest BCUT2D eigenvalue weighted by Crippen LogP contribution is 2.25. The predicted octanol–water partition coefficient (Wildman–Crippen LogP) is 2.10. The Labute approximate surface area is 112 Å². The highest BCUT2D eigenvalue weighted by atomic mass is 32.2. The van der Waals surface area contributed by atoms with Gasteiger partial charge in [0.05, 0.1) is 12.2 Å². The number of carbonyl (C=O) groups excluding carboxylic acids is 1. The van der Waals surface area contributed by atoms with Crippen molar-refractivity contribution in [3.8, 4) is 0 Å². The number of benzene rings is 1. The SMILES string of the molecule is CCOC(=O)c1cc(N)ccc1SCCN(C)C. The second-order valence-corrected chi connectivity index (χ2v) is 5.26. The molecule has 0 atom stereocenters. The summed E-state index contributed by atoms with van der Waals surface area (Å²) in [7, 11) is 4.05. The zero-order valence-electron chi connectivity index (χ0n) is 11.1. The largest absolute Gasteiger partial charge is 0.462 e. The average Bonchev–Trinajstić information content (AvgIpc) is 2.31. The number of anilines is 1. The quantitative estimate of drug-likeness (QED) is 0.486. The van der Waals surface area contributed by atoms with E-state index in [-0.39, 0.29) is 5.97 Å². The third kappa shape index (κ3) is 4.58. The molecule has 1 rings (SSSR count). The molecule has 18 heavy (non-hydrogen) atoms. The smallest absolute Gasteiger partial charge is 0.339 e. The van der Waals surface area contributed by atoms with Crippen LogP contribution in [0.15, 0.2) is 23.1 Å². The van der Waals surface area contributed by atoms with Crippen LogP contribution in [0.3, 0.4) is 0 Å². The van der Waals surface area contributed by atoms with Gasteiger partial charge in [-0.25, -0.2) is 4.79 Å². The molecule has 1 aromatic rings. The molecule has 1 aromatic carbocycles. The van der Waals surface area contributed by atoms with Crippen molar-refractivity contribution >= 4 is 23.4 Å². The maximum absolute atomic E-state index is 11.8. The number of carbonyl (C=O) groups is 1. The summed E-state index contributed by atoms with van der Waals surface area (Å²) in [6, 6.07) is 5.36. The van der Waals surface area contributed by atoms with Crippen molar-refractivity contribution in [2.75, 3.05) is 38.7 Å². The zero-order valence-corrected chi connectivity index (χ0v) is 11.9. The summed E-state index contributed by atoms with van der Waals surface area (Å²) >= 11 is 1.64. The molecular formula is C13H20N2O2S. The Morgan fingerprint density at radius 1 is 1.44 bits per heavy atom.